The van der Waals surface area contributed by atoms with E-state index >= 15 is 0 Å². The lowest BCUT2D eigenvalue weighted by atomic mass is 10.0. The summed E-state index contributed by atoms with van der Waals surface area (Å²) in [7, 11) is 1.65. The molecule has 1 aliphatic rings. The first kappa shape index (κ1) is 10.1. The number of nitrogen functional groups attached to an aromatic ring is 1. The van der Waals surface area contributed by atoms with Crippen molar-refractivity contribution in [3.8, 4) is 5.75 Å². The molecule has 0 saturated carbocycles. The van der Waals surface area contributed by atoms with Crippen LogP contribution in [0.3, 0.4) is 0 Å². The Kier molecular flexibility index (Phi) is 2.92. The Balaban J connectivity index is 2.34. The first-order valence-corrected chi connectivity index (χ1v) is 5.01. The second-order valence-electron chi connectivity index (χ2n) is 3.55. The molecule has 0 bridgehead atoms. The van der Waals surface area contributed by atoms with Crippen molar-refractivity contribution in [2.45, 2.75) is 6.42 Å². The van der Waals surface area contributed by atoms with Gasteiger partial charge in [0.05, 0.1) is 20.3 Å². The number of anilines is 1. The van der Waals surface area contributed by atoms with Gasteiger partial charge in [0, 0.05) is 11.8 Å². The van der Waals surface area contributed by atoms with E-state index in [1.165, 1.54) is 5.57 Å². The fourth-order valence-corrected chi connectivity index (χ4v) is 1.71. The molecule has 2 rings (SSSR count). The lowest BCUT2D eigenvalue weighted by molar-refractivity contribution is 0.161. The first-order valence-electron chi connectivity index (χ1n) is 5.01. The summed E-state index contributed by atoms with van der Waals surface area (Å²) in [6.45, 7) is 1.47. The van der Waals surface area contributed by atoms with Crippen LogP contribution in [0.1, 0.15) is 12.0 Å². The van der Waals surface area contributed by atoms with Crippen LogP contribution in [0.15, 0.2) is 24.3 Å². The third kappa shape index (κ3) is 2.30. The average Bonchev–Trinajstić information content (AvgIpc) is 2.29. The minimum Gasteiger partial charge on any atom is -0.497 e. The number of ether oxygens (including phenoxy) is 2. The number of methoxy groups -OCH3 is 1. The normalized spacial score (nSPS) is 15.9. The summed E-state index contributed by atoms with van der Waals surface area (Å²) < 4.78 is 10.5. The Morgan fingerprint density at radius 3 is 2.87 bits per heavy atom. The van der Waals surface area contributed by atoms with Crippen molar-refractivity contribution in [2.24, 2.45) is 0 Å². The van der Waals surface area contributed by atoms with E-state index in [9.17, 15) is 0 Å². The van der Waals surface area contributed by atoms with Crippen molar-refractivity contribution in [3.63, 3.8) is 0 Å². The van der Waals surface area contributed by atoms with Crippen molar-refractivity contribution in [3.05, 3.63) is 29.8 Å². The van der Waals surface area contributed by atoms with E-state index in [0.717, 1.165) is 30.0 Å². The Hall–Kier alpha value is -1.48. The SMILES string of the molecule is COc1cc(N)cc(C2=CCOCC2)c1. The summed E-state index contributed by atoms with van der Waals surface area (Å²) in [5.74, 6) is 0.803. The van der Waals surface area contributed by atoms with Gasteiger partial charge in [0.2, 0.25) is 0 Å². The van der Waals surface area contributed by atoms with Crippen LogP contribution in [-0.4, -0.2) is 20.3 Å². The zero-order chi connectivity index (χ0) is 10.7. The molecule has 0 aromatic heterocycles. The molecular formula is C12H15NO2. The molecule has 0 radical (unpaired) electrons. The zero-order valence-corrected chi connectivity index (χ0v) is 8.82. The number of benzene rings is 1. The van der Waals surface area contributed by atoms with Gasteiger partial charge < -0.3 is 15.2 Å². The Labute approximate surface area is 89.5 Å². The second kappa shape index (κ2) is 4.36. The highest BCUT2D eigenvalue weighted by molar-refractivity contribution is 5.70. The smallest absolute Gasteiger partial charge is 0.121 e. The van der Waals surface area contributed by atoms with Crippen LogP contribution in [0.2, 0.25) is 0 Å². The zero-order valence-electron chi connectivity index (χ0n) is 8.82. The van der Waals surface area contributed by atoms with E-state index in [2.05, 4.69) is 6.08 Å². The minimum absolute atomic E-state index is 0.687. The molecular weight excluding hydrogens is 190 g/mol. The molecule has 1 aromatic rings. The predicted octanol–water partition coefficient (Wildman–Crippen LogP) is 2.08. The van der Waals surface area contributed by atoms with Gasteiger partial charge in [0.1, 0.15) is 5.75 Å². The molecule has 80 valence electrons. The van der Waals surface area contributed by atoms with Crippen LogP contribution in [0.25, 0.3) is 5.57 Å². The standard InChI is InChI=1S/C12H15NO2/c1-14-12-7-10(6-11(13)8-12)9-2-4-15-5-3-9/h2,6-8H,3-5,13H2,1H3. The third-order valence-corrected chi connectivity index (χ3v) is 2.50. The van der Waals surface area contributed by atoms with Gasteiger partial charge in [-0.15, -0.1) is 0 Å². The molecule has 3 heteroatoms. The fraction of sp³-hybridized carbons (Fsp3) is 0.333. The van der Waals surface area contributed by atoms with Gasteiger partial charge in [0.25, 0.3) is 0 Å². The van der Waals surface area contributed by atoms with Gasteiger partial charge in [0.15, 0.2) is 0 Å². The molecule has 3 nitrogen and oxygen atoms in total. The molecule has 0 unspecified atom stereocenters. The van der Waals surface area contributed by atoms with Crippen molar-refractivity contribution in [1.82, 2.24) is 0 Å². The predicted molar refractivity (Wildman–Crippen MR) is 60.8 cm³/mol. The van der Waals surface area contributed by atoms with Crippen LogP contribution >= 0.6 is 0 Å². The van der Waals surface area contributed by atoms with Crippen LogP contribution in [0.4, 0.5) is 5.69 Å². The van der Waals surface area contributed by atoms with Gasteiger partial charge in [-0.05, 0) is 29.7 Å². The Morgan fingerprint density at radius 1 is 1.33 bits per heavy atom. The largest absolute Gasteiger partial charge is 0.497 e. The maximum Gasteiger partial charge on any atom is 0.121 e. The molecule has 0 aliphatic carbocycles. The summed E-state index contributed by atoms with van der Waals surface area (Å²) in [6, 6.07) is 5.80. The lowest BCUT2D eigenvalue weighted by Crippen LogP contribution is -2.04. The molecule has 0 amide bonds. The van der Waals surface area contributed by atoms with Crippen LogP contribution in [0.5, 0.6) is 5.75 Å². The average molecular weight is 205 g/mol. The molecule has 0 fully saturated rings. The minimum atomic E-state index is 0.687. The van der Waals surface area contributed by atoms with Gasteiger partial charge in [-0.25, -0.2) is 0 Å². The summed E-state index contributed by atoms with van der Waals surface area (Å²) in [4.78, 5) is 0. The van der Waals surface area contributed by atoms with E-state index in [1.54, 1.807) is 7.11 Å². The maximum atomic E-state index is 5.80. The molecule has 0 atom stereocenters. The lowest BCUT2D eigenvalue weighted by Gasteiger charge is -2.15. The van der Waals surface area contributed by atoms with E-state index in [1.807, 2.05) is 18.2 Å². The fourth-order valence-electron chi connectivity index (χ4n) is 1.71. The topological polar surface area (TPSA) is 44.5 Å². The highest BCUT2D eigenvalue weighted by Crippen LogP contribution is 2.27. The molecule has 2 N–H and O–H groups in total. The van der Waals surface area contributed by atoms with Crippen LogP contribution in [0, 0.1) is 0 Å². The summed E-state index contributed by atoms with van der Waals surface area (Å²) in [6.07, 6.45) is 3.03. The van der Waals surface area contributed by atoms with Crippen LogP contribution < -0.4 is 10.5 Å². The molecule has 0 saturated heterocycles. The van der Waals surface area contributed by atoms with Crippen molar-refractivity contribution < 1.29 is 9.47 Å². The highest BCUT2D eigenvalue weighted by atomic mass is 16.5. The van der Waals surface area contributed by atoms with Crippen LogP contribution in [-0.2, 0) is 4.74 Å². The van der Waals surface area contributed by atoms with E-state index in [-0.39, 0.29) is 0 Å². The molecule has 1 heterocycles. The van der Waals surface area contributed by atoms with E-state index in [0.29, 0.717) is 6.61 Å². The molecule has 1 aliphatic heterocycles. The monoisotopic (exact) mass is 205 g/mol. The van der Waals surface area contributed by atoms with Crippen molar-refractivity contribution in [2.75, 3.05) is 26.1 Å². The number of rotatable bonds is 2. The summed E-state index contributed by atoms with van der Waals surface area (Å²) >= 11 is 0. The molecule has 1 aromatic carbocycles. The van der Waals surface area contributed by atoms with E-state index in [4.69, 9.17) is 15.2 Å². The van der Waals surface area contributed by atoms with Gasteiger partial charge in [-0.2, -0.15) is 0 Å². The first-order chi connectivity index (χ1) is 7.29. The Bertz CT molecular complexity index is 385. The van der Waals surface area contributed by atoms with E-state index < -0.39 is 0 Å². The quantitative estimate of drug-likeness (QED) is 0.752. The third-order valence-electron chi connectivity index (χ3n) is 2.50. The van der Waals surface area contributed by atoms with Gasteiger partial charge in [-0.3, -0.25) is 0 Å². The number of nitrogens with two attached hydrogens (primary N) is 1. The highest BCUT2D eigenvalue weighted by Gasteiger charge is 2.08. The summed E-state index contributed by atoms with van der Waals surface area (Å²) in [5.41, 5.74) is 8.95. The maximum absolute atomic E-state index is 5.80. The van der Waals surface area contributed by atoms with Crippen molar-refractivity contribution in [1.29, 1.82) is 0 Å². The Morgan fingerprint density at radius 2 is 2.20 bits per heavy atom. The summed E-state index contributed by atoms with van der Waals surface area (Å²) in [5, 5.41) is 0. The van der Waals surface area contributed by atoms with Gasteiger partial charge >= 0.3 is 0 Å². The number of hydrogen-bond donors (Lipinski definition) is 1. The molecule has 0 spiro atoms. The van der Waals surface area contributed by atoms with Gasteiger partial charge in [-0.1, -0.05) is 6.08 Å². The van der Waals surface area contributed by atoms with Crippen molar-refractivity contribution >= 4 is 11.3 Å². The number of hydrogen-bond acceptors (Lipinski definition) is 3. The second-order valence-corrected chi connectivity index (χ2v) is 3.55. The molecule has 15 heavy (non-hydrogen) atoms.